The zero-order chi connectivity index (χ0) is 91.1. The molecule has 12 nitrogen and oxygen atoms in total. The van der Waals surface area contributed by atoms with Crippen molar-refractivity contribution in [2.24, 2.45) is 0 Å². The molecule has 15 aromatic carbocycles. The molecule has 0 aliphatic carbocycles. The van der Waals surface area contributed by atoms with Crippen molar-refractivity contribution in [2.75, 3.05) is 14.7 Å². The Labute approximate surface area is 776 Å². The fourth-order valence-corrected chi connectivity index (χ4v) is 18.7. The third-order valence-corrected chi connectivity index (χ3v) is 26.4. The third kappa shape index (κ3) is 16.9. The lowest BCUT2D eigenvalue weighted by molar-refractivity contribution is 0.627. The summed E-state index contributed by atoms with van der Waals surface area (Å²) in [5, 5.41) is 0. The average Bonchev–Trinajstić information content (AvgIpc) is 0.740. The summed E-state index contributed by atoms with van der Waals surface area (Å²) in [5.74, 6) is 6.86. The molecule has 3 aromatic heterocycles. The van der Waals surface area contributed by atoms with Gasteiger partial charge in [-0.25, -0.2) is 44.9 Å². The molecule has 21 rings (SSSR count). The molecule has 0 radical (unpaired) electrons. The minimum Gasteiger partial charge on any atom is -0.310 e. The van der Waals surface area contributed by atoms with Gasteiger partial charge in [-0.05, 0) is 203 Å². The van der Waals surface area contributed by atoms with Gasteiger partial charge < -0.3 is 14.7 Å². The molecule has 0 N–H and O–H groups in total. The normalized spacial score (nSPS) is 13.4. The van der Waals surface area contributed by atoms with Crippen LogP contribution in [0.3, 0.4) is 0 Å². The van der Waals surface area contributed by atoms with Gasteiger partial charge in [-0.3, -0.25) is 0 Å². The molecule has 0 spiro atoms. The van der Waals surface area contributed by atoms with Gasteiger partial charge in [-0.1, -0.05) is 349 Å². The van der Waals surface area contributed by atoms with Crippen molar-refractivity contribution in [1.82, 2.24) is 44.9 Å². The number of aryl methyl sites for hydroxylation is 4. The van der Waals surface area contributed by atoms with Crippen LogP contribution >= 0.6 is 0 Å². The SMILES string of the molecule is CC(C)c1ccc2c(c1)C(C)(C)c1cc(C(C)C)ccc1N2c1ccc(-c2nc(-c3ccccc3)nc(-c3ccccc3)n2)cc1.CCc1ccc2c(c1)C(C)(C)c1cc(CC)ccc1N2c1ccc(-c2nc(-c3ccccc3)nc(-c3ccccc3)n2)cc1.Cc1ccc2c(c1)C(C)(C)c1cc(C)ccc1N2c1ccc(-c2nc(-c3ccccc3)nc(-c3ccccc3)n2)cc1. The standard InChI is InChI=1S/C42H40N4.C40H36N4.C38H32N4/c1-27(2)32-19-23-37-35(25-32)42(5,6)36-26-33(28(3)4)20-24-38(36)46(37)34-21-17-31(18-22-34)41-44-39(29-13-9-7-10-14-29)43-40(45-41)30-15-11-8-12-16-30;1-5-27-17-23-35-33(25-27)40(3,4)34-26-28(6-2)18-24-36(34)44(35)32-21-19-31(20-22-32)39-42-37(29-13-9-7-10-14-29)41-38(43-39)30-15-11-8-12-16-30;1-25-15-21-33-31(23-25)38(3,4)32-24-26(2)16-22-34(32)42(33)30-19-17-29(18-20-30)37-40-35(27-11-7-5-8-12-27)39-36(41-37)28-13-9-6-10-14-28/h7-28H,1-6H3;7-26H,5-6H2,1-4H3;5-24H,1-4H3. The molecule has 0 saturated heterocycles. The maximum Gasteiger partial charge on any atom is 0.164 e. The van der Waals surface area contributed by atoms with Gasteiger partial charge in [0.2, 0.25) is 0 Å². The van der Waals surface area contributed by atoms with Gasteiger partial charge >= 0.3 is 0 Å². The fourth-order valence-electron chi connectivity index (χ4n) is 18.7. The number of rotatable bonds is 16. The van der Waals surface area contributed by atoms with Gasteiger partial charge in [0, 0.05) is 83.4 Å². The van der Waals surface area contributed by atoms with Crippen LogP contribution in [0.15, 0.2) is 364 Å². The minimum atomic E-state index is -0.135. The maximum atomic E-state index is 4.95. The van der Waals surface area contributed by atoms with Crippen LogP contribution in [0.25, 0.3) is 102 Å². The molecule has 0 atom stereocenters. The van der Waals surface area contributed by atoms with E-state index in [1.165, 1.54) is 101 Å². The minimum absolute atomic E-state index is 0.105. The van der Waals surface area contributed by atoms with E-state index in [-0.39, 0.29) is 16.2 Å². The van der Waals surface area contributed by atoms with E-state index in [0.29, 0.717) is 64.3 Å². The molecule has 648 valence electrons. The topological polar surface area (TPSA) is 126 Å². The van der Waals surface area contributed by atoms with Crippen LogP contribution in [0, 0.1) is 13.8 Å². The van der Waals surface area contributed by atoms with E-state index in [1.807, 2.05) is 182 Å². The second-order valence-electron chi connectivity index (χ2n) is 37.0. The fraction of sp³-hybridized carbons (Fsp3) is 0.175. The molecular formula is C120H108N12. The smallest absolute Gasteiger partial charge is 0.164 e. The van der Waals surface area contributed by atoms with Gasteiger partial charge in [-0.15, -0.1) is 0 Å². The lowest BCUT2D eigenvalue weighted by Crippen LogP contribution is -2.31. The van der Waals surface area contributed by atoms with Crippen LogP contribution in [0.5, 0.6) is 0 Å². The quantitative estimate of drug-likeness (QED) is 0.0914. The van der Waals surface area contributed by atoms with Gasteiger partial charge in [0.15, 0.2) is 52.4 Å². The summed E-state index contributed by atoms with van der Waals surface area (Å²) in [6, 6.07) is 128. The first kappa shape index (κ1) is 86.1. The molecule has 18 aromatic rings. The van der Waals surface area contributed by atoms with Crippen molar-refractivity contribution in [3.8, 4) is 102 Å². The lowest BCUT2D eigenvalue weighted by Gasteiger charge is -2.43. The van der Waals surface area contributed by atoms with Crippen molar-refractivity contribution >= 4 is 51.2 Å². The number of aromatic nitrogens is 9. The summed E-state index contributed by atoms with van der Waals surface area (Å²) in [7, 11) is 0. The number of anilines is 9. The zero-order valence-corrected chi connectivity index (χ0v) is 77.6. The summed E-state index contributed by atoms with van der Waals surface area (Å²) < 4.78 is 0. The largest absolute Gasteiger partial charge is 0.310 e. The van der Waals surface area contributed by atoms with E-state index in [2.05, 4.69) is 294 Å². The molecule has 0 saturated carbocycles. The van der Waals surface area contributed by atoms with Crippen LogP contribution < -0.4 is 14.7 Å². The lowest BCUT2D eigenvalue weighted by atomic mass is 9.72. The molecule has 6 heterocycles. The van der Waals surface area contributed by atoms with E-state index in [9.17, 15) is 0 Å². The number of benzene rings is 15. The molecule has 0 fully saturated rings. The van der Waals surface area contributed by atoms with Crippen molar-refractivity contribution in [2.45, 2.75) is 138 Å². The molecule has 3 aliphatic heterocycles. The highest BCUT2D eigenvalue weighted by atomic mass is 15.2. The van der Waals surface area contributed by atoms with Crippen LogP contribution in [0.4, 0.5) is 51.2 Å². The Bertz CT molecular complexity index is 6900. The summed E-state index contributed by atoms with van der Waals surface area (Å²) in [4.78, 5) is 51.4. The average molecular weight is 1720 g/mol. The van der Waals surface area contributed by atoms with Gasteiger partial charge in [0.1, 0.15) is 0 Å². The summed E-state index contributed by atoms with van der Waals surface area (Å²) in [6.45, 7) is 32.0. The second-order valence-corrected chi connectivity index (χ2v) is 37.0. The number of hydrogen-bond acceptors (Lipinski definition) is 12. The van der Waals surface area contributed by atoms with Crippen molar-refractivity contribution in [3.63, 3.8) is 0 Å². The molecule has 12 heteroatoms. The van der Waals surface area contributed by atoms with Crippen LogP contribution in [-0.4, -0.2) is 44.9 Å². The Morgan fingerprint density at radius 1 is 0.212 bits per heavy atom. The van der Waals surface area contributed by atoms with Crippen molar-refractivity contribution in [1.29, 1.82) is 0 Å². The van der Waals surface area contributed by atoms with Crippen LogP contribution in [-0.2, 0) is 29.1 Å². The van der Waals surface area contributed by atoms with E-state index >= 15 is 0 Å². The Morgan fingerprint density at radius 3 is 0.614 bits per heavy atom. The first-order chi connectivity index (χ1) is 64.0. The predicted molar refractivity (Wildman–Crippen MR) is 545 cm³/mol. The number of fused-ring (bicyclic) bond motifs is 6. The highest BCUT2D eigenvalue weighted by molar-refractivity contribution is 5.91. The molecule has 0 unspecified atom stereocenters. The maximum absolute atomic E-state index is 4.95. The highest BCUT2D eigenvalue weighted by Gasteiger charge is 2.41. The number of nitrogens with zero attached hydrogens (tertiary/aromatic N) is 12. The van der Waals surface area contributed by atoms with Gasteiger partial charge in [0.25, 0.3) is 0 Å². The van der Waals surface area contributed by atoms with Crippen LogP contribution in [0.2, 0.25) is 0 Å². The van der Waals surface area contributed by atoms with E-state index in [1.54, 1.807) is 0 Å². The van der Waals surface area contributed by atoms with Crippen molar-refractivity contribution in [3.05, 3.63) is 431 Å². The molecule has 0 bridgehead atoms. The molecule has 0 amide bonds. The van der Waals surface area contributed by atoms with Crippen LogP contribution in [0.1, 0.15) is 162 Å². The Balaban J connectivity index is 0.000000128. The highest BCUT2D eigenvalue weighted by Crippen LogP contribution is 2.57. The molecular weight excluding hydrogens is 1610 g/mol. The molecule has 3 aliphatic rings. The van der Waals surface area contributed by atoms with Gasteiger partial charge in [0.05, 0.1) is 34.1 Å². The van der Waals surface area contributed by atoms with Gasteiger partial charge in [-0.2, -0.15) is 0 Å². The summed E-state index contributed by atoms with van der Waals surface area (Å²) >= 11 is 0. The summed E-state index contributed by atoms with van der Waals surface area (Å²) in [6.07, 6.45) is 2.03. The Morgan fingerprint density at radius 2 is 0.402 bits per heavy atom. The zero-order valence-electron chi connectivity index (χ0n) is 77.6. The van der Waals surface area contributed by atoms with E-state index < -0.39 is 0 Å². The molecule has 132 heavy (non-hydrogen) atoms. The first-order valence-electron chi connectivity index (χ1n) is 46.2. The number of hydrogen-bond donors (Lipinski definition) is 0. The van der Waals surface area contributed by atoms with E-state index in [4.69, 9.17) is 44.9 Å². The van der Waals surface area contributed by atoms with Crippen molar-refractivity contribution < 1.29 is 0 Å². The first-order valence-corrected chi connectivity index (χ1v) is 46.2. The Kier molecular flexibility index (Phi) is 23.5. The third-order valence-electron chi connectivity index (χ3n) is 26.4. The monoisotopic (exact) mass is 1720 g/mol. The Hall–Kier alpha value is -15.3. The second kappa shape index (κ2) is 36.0. The summed E-state index contributed by atoms with van der Waals surface area (Å²) in [5.41, 5.74) is 35.0. The van der Waals surface area contributed by atoms with E-state index in [0.717, 1.165) is 80.0 Å². The predicted octanol–water partition coefficient (Wildman–Crippen LogP) is 30.9.